The zero-order valence-electron chi connectivity index (χ0n) is 13.6. The number of pyridine rings is 1. The Bertz CT molecular complexity index is 1130. The van der Waals surface area contributed by atoms with E-state index in [4.69, 9.17) is 8.83 Å². The molecule has 3 heterocycles. The van der Waals surface area contributed by atoms with E-state index >= 15 is 0 Å². The molecule has 0 radical (unpaired) electrons. The molecule has 4 rings (SSSR count). The summed E-state index contributed by atoms with van der Waals surface area (Å²) in [6.45, 7) is 0.247. The maximum atomic E-state index is 12.3. The van der Waals surface area contributed by atoms with E-state index in [1.54, 1.807) is 49.0 Å². The lowest BCUT2D eigenvalue weighted by Gasteiger charge is -2.06. The standard InChI is InChI=1S/C20H14N2O4/c23-16-9-19(26-18-5-2-1-4-15(16)18)20(24)22-11-13-8-14(12-21-10-13)17-6-3-7-25-17/h1-10,12H,11H2,(H,22,24). The van der Waals surface area contributed by atoms with Gasteiger partial charge in [0.05, 0.1) is 11.6 Å². The highest BCUT2D eigenvalue weighted by atomic mass is 16.3. The second kappa shape index (κ2) is 6.68. The molecular formula is C20H14N2O4. The number of amides is 1. The lowest BCUT2D eigenvalue weighted by atomic mass is 10.1. The van der Waals surface area contributed by atoms with E-state index in [0.29, 0.717) is 16.7 Å². The molecule has 4 aromatic rings. The van der Waals surface area contributed by atoms with Gasteiger partial charge < -0.3 is 14.2 Å². The summed E-state index contributed by atoms with van der Waals surface area (Å²) in [5.41, 5.74) is 1.75. The van der Waals surface area contributed by atoms with E-state index in [1.807, 2.05) is 12.1 Å². The predicted molar refractivity (Wildman–Crippen MR) is 95.6 cm³/mol. The van der Waals surface area contributed by atoms with Crippen molar-refractivity contribution < 1.29 is 13.6 Å². The summed E-state index contributed by atoms with van der Waals surface area (Å²) in [5, 5.41) is 3.18. The smallest absolute Gasteiger partial charge is 0.287 e. The number of hydrogen-bond acceptors (Lipinski definition) is 5. The Kier molecular flexibility index (Phi) is 4.07. The first-order valence-corrected chi connectivity index (χ1v) is 7.99. The largest absolute Gasteiger partial charge is 0.464 e. The van der Waals surface area contributed by atoms with Crippen LogP contribution in [0, 0.1) is 0 Å². The number of para-hydroxylation sites is 1. The fraction of sp³-hybridized carbons (Fsp3) is 0.0500. The van der Waals surface area contributed by atoms with Gasteiger partial charge in [0, 0.05) is 30.6 Å². The molecule has 6 nitrogen and oxygen atoms in total. The van der Waals surface area contributed by atoms with E-state index in [-0.39, 0.29) is 17.7 Å². The summed E-state index contributed by atoms with van der Waals surface area (Å²) >= 11 is 0. The van der Waals surface area contributed by atoms with Crippen LogP contribution in [-0.4, -0.2) is 10.9 Å². The molecule has 26 heavy (non-hydrogen) atoms. The molecule has 0 saturated heterocycles. The number of rotatable bonds is 4. The van der Waals surface area contributed by atoms with Gasteiger partial charge >= 0.3 is 0 Å². The van der Waals surface area contributed by atoms with Gasteiger partial charge in [-0.15, -0.1) is 0 Å². The van der Waals surface area contributed by atoms with Gasteiger partial charge in [0.2, 0.25) is 0 Å². The van der Waals surface area contributed by atoms with Crippen LogP contribution in [0.1, 0.15) is 16.1 Å². The molecule has 0 aliphatic carbocycles. The number of nitrogens with one attached hydrogen (secondary N) is 1. The number of benzene rings is 1. The second-order valence-electron chi connectivity index (χ2n) is 5.71. The van der Waals surface area contributed by atoms with Crippen LogP contribution < -0.4 is 10.7 Å². The first-order valence-electron chi connectivity index (χ1n) is 7.99. The van der Waals surface area contributed by atoms with Gasteiger partial charge in [0.1, 0.15) is 11.3 Å². The Morgan fingerprint density at radius 2 is 1.96 bits per heavy atom. The van der Waals surface area contributed by atoms with Crippen molar-refractivity contribution in [2.45, 2.75) is 6.54 Å². The minimum absolute atomic E-state index is 0.0242. The Morgan fingerprint density at radius 1 is 1.08 bits per heavy atom. The van der Waals surface area contributed by atoms with Crippen molar-refractivity contribution in [2.24, 2.45) is 0 Å². The van der Waals surface area contributed by atoms with Crippen LogP contribution in [0.4, 0.5) is 0 Å². The quantitative estimate of drug-likeness (QED) is 0.612. The Balaban J connectivity index is 1.53. The van der Waals surface area contributed by atoms with Crippen LogP contribution >= 0.6 is 0 Å². The molecule has 6 heteroatoms. The lowest BCUT2D eigenvalue weighted by Crippen LogP contribution is -2.24. The second-order valence-corrected chi connectivity index (χ2v) is 5.71. The van der Waals surface area contributed by atoms with Gasteiger partial charge in [0.15, 0.2) is 11.2 Å². The van der Waals surface area contributed by atoms with Gasteiger partial charge in [-0.25, -0.2) is 0 Å². The molecule has 0 aliphatic rings. The van der Waals surface area contributed by atoms with Crippen molar-refractivity contribution in [3.63, 3.8) is 0 Å². The Morgan fingerprint density at radius 3 is 2.81 bits per heavy atom. The summed E-state index contributed by atoms with van der Waals surface area (Å²) < 4.78 is 10.9. The molecule has 1 aromatic carbocycles. The van der Waals surface area contributed by atoms with Crippen LogP contribution in [0.15, 0.2) is 80.8 Å². The highest BCUT2D eigenvalue weighted by molar-refractivity contribution is 5.93. The molecule has 0 unspecified atom stereocenters. The lowest BCUT2D eigenvalue weighted by molar-refractivity contribution is 0.0923. The average Bonchev–Trinajstić information content (AvgIpc) is 3.21. The molecule has 3 aromatic heterocycles. The highest BCUT2D eigenvalue weighted by Crippen LogP contribution is 2.19. The van der Waals surface area contributed by atoms with Gasteiger partial charge in [-0.05, 0) is 35.9 Å². The zero-order chi connectivity index (χ0) is 17.9. The van der Waals surface area contributed by atoms with Crippen LogP contribution in [-0.2, 0) is 6.54 Å². The van der Waals surface area contributed by atoms with Gasteiger partial charge in [-0.2, -0.15) is 0 Å². The fourth-order valence-electron chi connectivity index (χ4n) is 2.65. The van der Waals surface area contributed by atoms with Crippen LogP contribution in [0.5, 0.6) is 0 Å². The SMILES string of the molecule is O=C(NCc1cncc(-c2ccco2)c1)c1cc(=O)c2ccccc2o1. The van der Waals surface area contributed by atoms with Gasteiger partial charge in [-0.1, -0.05) is 12.1 Å². The summed E-state index contributed by atoms with van der Waals surface area (Å²) in [6.07, 6.45) is 4.93. The topological polar surface area (TPSA) is 85.3 Å². The normalized spacial score (nSPS) is 10.8. The third-order valence-electron chi connectivity index (χ3n) is 3.91. The summed E-state index contributed by atoms with van der Waals surface area (Å²) in [5.74, 6) is 0.214. The minimum Gasteiger partial charge on any atom is -0.464 e. The first kappa shape index (κ1) is 15.8. The number of furan rings is 1. The number of carbonyl (C=O) groups is 1. The third-order valence-corrected chi connectivity index (χ3v) is 3.91. The monoisotopic (exact) mass is 346 g/mol. The molecule has 1 amide bonds. The summed E-state index contributed by atoms with van der Waals surface area (Å²) in [4.78, 5) is 28.6. The van der Waals surface area contributed by atoms with E-state index in [9.17, 15) is 9.59 Å². The Hall–Kier alpha value is -3.67. The molecule has 1 N–H and O–H groups in total. The molecule has 0 spiro atoms. The maximum absolute atomic E-state index is 12.3. The van der Waals surface area contributed by atoms with E-state index in [1.165, 1.54) is 6.07 Å². The van der Waals surface area contributed by atoms with Crippen LogP contribution in [0.3, 0.4) is 0 Å². The molecule has 0 atom stereocenters. The van der Waals surface area contributed by atoms with Crippen molar-refractivity contribution in [3.05, 3.63) is 88.7 Å². The Labute approximate surface area is 148 Å². The van der Waals surface area contributed by atoms with E-state index in [0.717, 1.165) is 11.1 Å². The highest BCUT2D eigenvalue weighted by Gasteiger charge is 2.12. The van der Waals surface area contributed by atoms with Crippen molar-refractivity contribution in [1.29, 1.82) is 0 Å². The molecule has 128 valence electrons. The van der Waals surface area contributed by atoms with Crippen molar-refractivity contribution in [2.75, 3.05) is 0 Å². The number of fused-ring (bicyclic) bond motifs is 1. The van der Waals surface area contributed by atoms with E-state index in [2.05, 4.69) is 10.3 Å². The van der Waals surface area contributed by atoms with E-state index < -0.39 is 5.91 Å². The third kappa shape index (κ3) is 3.12. The van der Waals surface area contributed by atoms with Crippen LogP contribution in [0.2, 0.25) is 0 Å². The van der Waals surface area contributed by atoms with Crippen molar-refractivity contribution in [1.82, 2.24) is 10.3 Å². The molecule has 0 fully saturated rings. The molecular weight excluding hydrogens is 332 g/mol. The first-order chi connectivity index (χ1) is 12.7. The van der Waals surface area contributed by atoms with Gasteiger partial charge in [-0.3, -0.25) is 14.6 Å². The zero-order valence-corrected chi connectivity index (χ0v) is 13.6. The summed E-state index contributed by atoms with van der Waals surface area (Å²) in [6, 6.07) is 13.5. The fourth-order valence-corrected chi connectivity index (χ4v) is 2.65. The number of nitrogens with zero attached hydrogens (tertiary/aromatic N) is 1. The molecule has 0 aliphatic heterocycles. The number of aromatic nitrogens is 1. The van der Waals surface area contributed by atoms with Gasteiger partial charge in [0.25, 0.3) is 5.91 Å². The average molecular weight is 346 g/mol. The maximum Gasteiger partial charge on any atom is 0.287 e. The predicted octanol–water partition coefficient (Wildman–Crippen LogP) is 3.38. The molecule has 0 saturated carbocycles. The number of carbonyl (C=O) groups excluding carboxylic acids is 1. The molecule has 0 bridgehead atoms. The van der Waals surface area contributed by atoms with Crippen molar-refractivity contribution in [3.8, 4) is 11.3 Å². The van der Waals surface area contributed by atoms with Crippen LogP contribution in [0.25, 0.3) is 22.3 Å². The summed E-state index contributed by atoms with van der Waals surface area (Å²) in [7, 11) is 0. The number of hydrogen-bond donors (Lipinski definition) is 1. The minimum atomic E-state index is -0.462. The van der Waals surface area contributed by atoms with Crippen molar-refractivity contribution >= 4 is 16.9 Å².